The Morgan fingerprint density at radius 3 is 2.95 bits per heavy atom. The molecule has 0 aliphatic carbocycles. The summed E-state index contributed by atoms with van der Waals surface area (Å²) in [7, 11) is 1.91. The fourth-order valence-corrected chi connectivity index (χ4v) is 2.12. The predicted octanol–water partition coefficient (Wildman–Crippen LogP) is 1.36. The lowest BCUT2D eigenvalue weighted by molar-refractivity contribution is -0.136. The normalized spacial score (nSPS) is 11.0. The van der Waals surface area contributed by atoms with Gasteiger partial charge in [0.05, 0.1) is 17.8 Å². The maximum atomic E-state index is 11.0. The van der Waals surface area contributed by atoms with Crippen LogP contribution in [0.3, 0.4) is 0 Å². The van der Waals surface area contributed by atoms with Gasteiger partial charge in [-0.15, -0.1) is 0 Å². The largest absolute Gasteiger partial charge is 0.481 e. The predicted molar refractivity (Wildman–Crippen MR) is 68.7 cm³/mol. The standard InChI is InChI=1S/C13H12N4O2/c1-16-6-3-9(8-16)12-10(7-11(18)19)17-5-2-4-14-13(17)15-12/h2-6,8H,7H2,1H3,(H,18,19). The maximum absolute atomic E-state index is 11.0. The van der Waals surface area contributed by atoms with Crippen molar-refractivity contribution >= 4 is 11.7 Å². The number of hydrogen-bond donors (Lipinski definition) is 1. The molecule has 0 saturated heterocycles. The Morgan fingerprint density at radius 2 is 2.26 bits per heavy atom. The molecule has 0 bridgehead atoms. The quantitative estimate of drug-likeness (QED) is 0.768. The molecule has 6 heteroatoms. The zero-order valence-corrected chi connectivity index (χ0v) is 10.3. The monoisotopic (exact) mass is 256 g/mol. The average Bonchev–Trinajstić information content (AvgIpc) is 2.94. The van der Waals surface area contributed by atoms with Crippen molar-refractivity contribution in [3.8, 4) is 11.3 Å². The fraction of sp³-hybridized carbons (Fsp3) is 0.154. The molecule has 3 heterocycles. The highest BCUT2D eigenvalue weighted by atomic mass is 16.4. The molecule has 1 N–H and O–H groups in total. The minimum Gasteiger partial charge on any atom is -0.481 e. The van der Waals surface area contributed by atoms with Gasteiger partial charge in [-0.05, 0) is 12.1 Å². The maximum Gasteiger partial charge on any atom is 0.309 e. The molecule has 0 unspecified atom stereocenters. The number of nitrogens with zero attached hydrogens (tertiary/aromatic N) is 4. The van der Waals surface area contributed by atoms with E-state index in [1.54, 1.807) is 22.9 Å². The molecule has 0 aromatic carbocycles. The van der Waals surface area contributed by atoms with Gasteiger partial charge in [-0.25, -0.2) is 9.97 Å². The van der Waals surface area contributed by atoms with E-state index in [4.69, 9.17) is 5.11 Å². The van der Waals surface area contributed by atoms with E-state index < -0.39 is 5.97 Å². The summed E-state index contributed by atoms with van der Waals surface area (Å²) in [5, 5.41) is 9.05. The SMILES string of the molecule is Cn1ccc(-c2nc3ncccn3c2CC(=O)O)c1. The van der Waals surface area contributed by atoms with E-state index in [0.29, 0.717) is 17.2 Å². The Balaban J connectivity index is 2.25. The summed E-state index contributed by atoms with van der Waals surface area (Å²) >= 11 is 0. The third kappa shape index (κ3) is 1.97. The zero-order chi connectivity index (χ0) is 13.4. The fourth-order valence-electron chi connectivity index (χ4n) is 2.12. The highest BCUT2D eigenvalue weighted by Gasteiger charge is 2.17. The smallest absolute Gasteiger partial charge is 0.309 e. The molecule has 96 valence electrons. The van der Waals surface area contributed by atoms with E-state index in [-0.39, 0.29) is 6.42 Å². The Hall–Kier alpha value is -2.63. The van der Waals surface area contributed by atoms with Crippen LogP contribution < -0.4 is 0 Å². The minimum absolute atomic E-state index is 0.0862. The lowest BCUT2D eigenvalue weighted by Crippen LogP contribution is -2.04. The molecule has 3 aromatic rings. The molecule has 0 saturated carbocycles. The molecule has 0 amide bonds. The van der Waals surface area contributed by atoms with Gasteiger partial charge in [-0.3, -0.25) is 9.20 Å². The average molecular weight is 256 g/mol. The third-order valence-electron chi connectivity index (χ3n) is 2.93. The number of carboxylic acid groups (broad SMARTS) is 1. The summed E-state index contributed by atoms with van der Waals surface area (Å²) in [4.78, 5) is 19.6. The van der Waals surface area contributed by atoms with Crippen LogP contribution in [0.15, 0.2) is 36.9 Å². The first kappa shape index (κ1) is 11.5. The Bertz CT molecular complexity index is 757. The van der Waals surface area contributed by atoms with Crippen LogP contribution in [0.5, 0.6) is 0 Å². The van der Waals surface area contributed by atoms with Crippen LogP contribution >= 0.6 is 0 Å². The van der Waals surface area contributed by atoms with Crippen LogP contribution in [0.2, 0.25) is 0 Å². The lowest BCUT2D eigenvalue weighted by atomic mass is 10.1. The summed E-state index contributed by atoms with van der Waals surface area (Å²) in [6.07, 6.45) is 7.14. The number of aliphatic carboxylic acids is 1. The molecular weight excluding hydrogens is 244 g/mol. The van der Waals surface area contributed by atoms with Gasteiger partial charge in [0.15, 0.2) is 0 Å². The highest BCUT2D eigenvalue weighted by Crippen LogP contribution is 2.24. The van der Waals surface area contributed by atoms with Crippen molar-refractivity contribution in [2.45, 2.75) is 6.42 Å². The lowest BCUT2D eigenvalue weighted by Gasteiger charge is -2.00. The first-order valence-corrected chi connectivity index (χ1v) is 5.81. The first-order valence-electron chi connectivity index (χ1n) is 5.81. The van der Waals surface area contributed by atoms with E-state index in [0.717, 1.165) is 5.56 Å². The molecule has 3 aromatic heterocycles. The number of imidazole rings is 1. The Kier molecular flexibility index (Phi) is 2.56. The molecular formula is C13H12N4O2. The molecule has 0 aliphatic heterocycles. The molecule has 0 fully saturated rings. The molecule has 0 spiro atoms. The first-order chi connectivity index (χ1) is 9.15. The van der Waals surface area contributed by atoms with Crippen LogP contribution in [0.4, 0.5) is 0 Å². The van der Waals surface area contributed by atoms with Crippen LogP contribution in [0.1, 0.15) is 5.69 Å². The van der Waals surface area contributed by atoms with Crippen LogP contribution in [0.25, 0.3) is 17.0 Å². The van der Waals surface area contributed by atoms with Crippen molar-refractivity contribution in [2.75, 3.05) is 0 Å². The molecule has 0 aliphatic rings. The van der Waals surface area contributed by atoms with Crippen molar-refractivity contribution in [3.63, 3.8) is 0 Å². The summed E-state index contributed by atoms with van der Waals surface area (Å²) in [5.74, 6) is -0.375. The van der Waals surface area contributed by atoms with E-state index in [1.165, 1.54) is 0 Å². The van der Waals surface area contributed by atoms with Crippen molar-refractivity contribution < 1.29 is 9.90 Å². The summed E-state index contributed by atoms with van der Waals surface area (Å²) < 4.78 is 3.62. The molecule has 6 nitrogen and oxygen atoms in total. The highest BCUT2D eigenvalue weighted by molar-refractivity contribution is 5.75. The second-order valence-corrected chi connectivity index (χ2v) is 4.33. The second kappa shape index (κ2) is 4.24. The number of carboxylic acids is 1. The van der Waals surface area contributed by atoms with Gasteiger partial charge >= 0.3 is 5.97 Å². The van der Waals surface area contributed by atoms with Gasteiger partial charge in [0, 0.05) is 37.4 Å². The van der Waals surface area contributed by atoms with Crippen LogP contribution in [-0.2, 0) is 18.3 Å². The molecule has 0 radical (unpaired) electrons. The van der Waals surface area contributed by atoms with Crippen molar-refractivity contribution in [1.82, 2.24) is 18.9 Å². The molecule has 0 atom stereocenters. The number of rotatable bonds is 3. The summed E-state index contributed by atoms with van der Waals surface area (Å²) in [6, 6.07) is 3.67. The topological polar surface area (TPSA) is 72.4 Å². The number of aryl methyl sites for hydroxylation is 1. The minimum atomic E-state index is -0.886. The van der Waals surface area contributed by atoms with Crippen LogP contribution in [-0.4, -0.2) is 30.0 Å². The van der Waals surface area contributed by atoms with Gasteiger partial charge < -0.3 is 9.67 Å². The van der Waals surface area contributed by atoms with E-state index in [2.05, 4.69) is 9.97 Å². The number of fused-ring (bicyclic) bond motifs is 1. The second-order valence-electron chi connectivity index (χ2n) is 4.33. The van der Waals surface area contributed by atoms with Crippen molar-refractivity contribution in [1.29, 1.82) is 0 Å². The Labute approximate surface area is 109 Å². The van der Waals surface area contributed by atoms with Gasteiger partial charge in [0.2, 0.25) is 5.78 Å². The zero-order valence-electron chi connectivity index (χ0n) is 10.3. The third-order valence-corrected chi connectivity index (χ3v) is 2.93. The Morgan fingerprint density at radius 1 is 1.42 bits per heavy atom. The van der Waals surface area contributed by atoms with E-state index in [9.17, 15) is 4.79 Å². The summed E-state index contributed by atoms with van der Waals surface area (Å²) in [6.45, 7) is 0. The van der Waals surface area contributed by atoms with Gasteiger partial charge in [-0.1, -0.05) is 0 Å². The number of hydrogen-bond acceptors (Lipinski definition) is 3. The van der Waals surface area contributed by atoms with E-state index in [1.807, 2.05) is 30.1 Å². The van der Waals surface area contributed by atoms with Crippen LogP contribution in [0, 0.1) is 0 Å². The molecule has 3 rings (SSSR count). The van der Waals surface area contributed by atoms with Gasteiger partial charge in [0.1, 0.15) is 0 Å². The summed E-state index contributed by atoms with van der Waals surface area (Å²) in [5.41, 5.74) is 2.20. The number of aromatic nitrogens is 4. The number of carbonyl (C=O) groups is 1. The molecule has 19 heavy (non-hydrogen) atoms. The van der Waals surface area contributed by atoms with Gasteiger partial charge in [0.25, 0.3) is 0 Å². The van der Waals surface area contributed by atoms with E-state index >= 15 is 0 Å². The van der Waals surface area contributed by atoms with Crippen molar-refractivity contribution in [2.24, 2.45) is 7.05 Å². The van der Waals surface area contributed by atoms with Crippen molar-refractivity contribution in [3.05, 3.63) is 42.6 Å². The van der Waals surface area contributed by atoms with Gasteiger partial charge in [-0.2, -0.15) is 0 Å².